The zero-order valence-corrected chi connectivity index (χ0v) is 25.7. The van der Waals surface area contributed by atoms with E-state index in [-0.39, 0.29) is 5.56 Å². The van der Waals surface area contributed by atoms with Crippen molar-refractivity contribution in [2.75, 3.05) is 0 Å². The van der Waals surface area contributed by atoms with Gasteiger partial charge in [-0.2, -0.15) is 0 Å². The summed E-state index contributed by atoms with van der Waals surface area (Å²) in [7, 11) is 0. The van der Waals surface area contributed by atoms with Crippen molar-refractivity contribution in [1.29, 1.82) is 0 Å². The quantitative estimate of drug-likeness (QED) is 0.194. The number of nitrogens with zero attached hydrogens (tertiary/aromatic N) is 4. The van der Waals surface area contributed by atoms with Crippen molar-refractivity contribution in [3.63, 3.8) is 0 Å². The average molecular weight is 615 g/mol. The fraction of sp³-hybridized carbons (Fsp3) is 0.0488. The Morgan fingerprint density at radius 3 is 1.60 bits per heavy atom. The lowest BCUT2D eigenvalue weighted by Crippen LogP contribution is -2.04. The summed E-state index contributed by atoms with van der Waals surface area (Å²) in [5.74, 6) is -0.245. The van der Waals surface area contributed by atoms with E-state index in [1.54, 1.807) is 12.1 Å². The van der Waals surface area contributed by atoms with Crippen molar-refractivity contribution >= 4 is 21.8 Å². The highest BCUT2D eigenvalue weighted by molar-refractivity contribution is 6.10. The molecule has 2 aromatic heterocycles. The van der Waals surface area contributed by atoms with Crippen LogP contribution in [0.15, 0.2) is 133 Å². The molecule has 0 amide bonds. The Balaban J connectivity index is 1.48. The Labute approximate surface area is 270 Å². The molecule has 8 rings (SSSR count). The van der Waals surface area contributed by atoms with E-state index in [0.717, 1.165) is 61.4 Å². The van der Waals surface area contributed by atoms with Crippen LogP contribution in [0, 0.1) is 25.5 Å². The van der Waals surface area contributed by atoms with E-state index in [2.05, 4.69) is 54.8 Å². The number of aryl methyl sites for hydroxylation is 2. The molecule has 0 unspecified atom stereocenters. The van der Waals surface area contributed by atoms with Crippen molar-refractivity contribution in [3.8, 4) is 51.0 Å². The van der Waals surface area contributed by atoms with Gasteiger partial charge in [-0.25, -0.2) is 23.7 Å². The summed E-state index contributed by atoms with van der Waals surface area (Å²) in [5.41, 5.74) is 8.08. The smallest absolute Gasteiger partial charge is 0.166 e. The van der Waals surface area contributed by atoms with Gasteiger partial charge < -0.3 is 4.57 Å². The molecule has 0 saturated heterocycles. The molecule has 0 saturated carbocycles. The van der Waals surface area contributed by atoms with Crippen LogP contribution in [0.4, 0.5) is 8.78 Å². The van der Waals surface area contributed by atoms with E-state index in [9.17, 15) is 4.39 Å². The predicted octanol–water partition coefficient (Wildman–Crippen LogP) is 10.5. The first-order valence-corrected chi connectivity index (χ1v) is 15.4. The molecule has 0 aliphatic heterocycles. The first kappa shape index (κ1) is 28.5. The molecule has 0 N–H and O–H groups in total. The fourth-order valence-electron chi connectivity index (χ4n) is 6.23. The topological polar surface area (TPSA) is 43.6 Å². The normalized spacial score (nSPS) is 11.4. The Morgan fingerprint density at radius 2 is 1.02 bits per heavy atom. The van der Waals surface area contributed by atoms with Crippen LogP contribution in [-0.4, -0.2) is 19.5 Å². The van der Waals surface area contributed by atoms with Crippen LogP contribution in [0.1, 0.15) is 11.1 Å². The lowest BCUT2D eigenvalue weighted by atomic mass is 10.0. The lowest BCUT2D eigenvalue weighted by Gasteiger charge is -2.17. The van der Waals surface area contributed by atoms with E-state index in [1.165, 1.54) is 6.07 Å². The number of hydrogen-bond donors (Lipinski definition) is 0. The van der Waals surface area contributed by atoms with E-state index < -0.39 is 11.6 Å². The Morgan fingerprint density at radius 1 is 0.468 bits per heavy atom. The molecule has 0 bridgehead atoms. The molecule has 6 aromatic carbocycles. The Kier molecular flexibility index (Phi) is 6.91. The molecule has 4 nitrogen and oxygen atoms in total. The zero-order valence-electron chi connectivity index (χ0n) is 25.7. The molecule has 0 spiro atoms. The molecule has 2 heterocycles. The van der Waals surface area contributed by atoms with Gasteiger partial charge in [0.1, 0.15) is 0 Å². The van der Waals surface area contributed by atoms with E-state index in [1.807, 2.05) is 72.8 Å². The molecular formula is C41H28F2N4. The molecule has 0 fully saturated rings. The van der Waals surface area contributed by atoms with Crippen molar-refractivity contribution in [3.05, 3.63) is 156 Å². The fourth-order valence-corrected chi connectivity index (χ4v) is 6.23. The van der Waals surface area contributed by atoms with Crippen LogP contribution < -0.4 is 0 Å². The molecule has 0 atom stereocenters. The second kappa shape index (κ2) is 11.4. The van der Waals surface area contributed by atoms with Crippen LogP contribution in [0.2, 0.25) is 0 Å². The Hall–Kier alpha value is -6.01. The van der Waals surface area contributed by atoms with E-state index in [0.29, 0.717) is 23.0 Å². The summed E-state index contributed by atoms with van der Waals surface area (Å²) in [4.78, 5) is 14.9. The number of hydrogen-bond acceptors (Lipinski definition) is 3. The van der Waals surface area contributed by atoms with Gasteiger partial charge in [-0.05, 0) is 60.9 Å². The van der Waals surface area contributed by atoms with Crippen molar-refractivity contribution in [2.24, 2.45) is 0 Å². The number of aromatic nitrogens is 4. The molecule has 0 aliphatic carbocycles. The molecular weight excluding hydrogens is 586 g/mol. The van der Waals surface area contributed by atoms with Gasteiger partial charge in [0.25, 0.3) is 0 Å². The maximum absolute atomic E-state index is 15.3. The zero-order chi connectivity index (χ0) is 32.1. The summed E-state index contributed by atoms with van der Waals surface area (Å²) in [5, 5.41) is 2.17. The molecule has 0 aliphatic rings. The third kappa shape index (κ3) is 5.04. The van der Waals surface area contributed by atoms with Gasteiger partial charge in [0.15, 0.2) is 29.1 Å². The first-order valence-electron chi connectivity index (χ1n) is 15.4. The number of rotatable bonds is 5. The van der Waals surface area contributed by atoms with Crippen molar-refractivity contribution in [2.45, 2.75) is 13.8 Å². The highest BCUT2D eigenvalue weighted by Crippen LogP contribution is 2.39. The average Bonchev–Trinajstić information content (AvgIpc) is 3.41. The third-order valence-electron chi connectivity index (χ3n) is 8.52. The van der Waals surface area contributed by atoms with Crippen LogP contribution in [0.3, 0.4) is 0 Å². The first-order chi connectivity index (χ1) is 22.9. The second-order valence-electron chi connectivity index (χ2n) is 11.7. The lowest BCUT2D eigenvalue weighted by molar-refractivity contribution is 0.511. The standard InChI is InChI=1S/C41H28F2N4/c1-25-16-19-31-32-20-17-26(2)23-36(32)47(35(31)22-25)37-24-29(30-14-9-15-34(42)38(30)43)18-21-33(37)41-45-39(27-10-5-3-6-11-27)44-40(46-41)28-12-7-4-8-13-28/h3-24H,1-2H3. The minimum Gasteiger partial charge on any atom is -0.308 e. The van der Waals surface area contributed by atoms with Crippen LogP contribution in [-0.2, 0) is 0 Å². The van der Waals surface area contributed by atoms with Crippen molar-refractivity contribution in [1.82, 2.24) is 19.5 Å². The van der Waals surface area contributed by atoms with E-state index >= 15 is 4.39 Å². The number of halogens is 2. The van der Waals surface area contributed by atoms with Gasteiger partial charge in [0.05, 0.1) is 16.7 Å². The maximum Gasteiger partial charge on any atom is 0.166 e. The molecule has 47 heavy (non-hydrogen) atoms. The highest BCUT2D eigenvalue weighted by Gasteiger charge is 2.21. The highest BCUT2D eigenvalue weighted by atomic mass is 19.2. The van der Waals surface area contributed by atoms with Gasteiger partial charge in [-0.1, -0.05) is 103 Å². The van der Waals surface area contributed by atoms with Gasteiger partial charge >= 0.3 is 0 Å². The number of fused-ring (bicyclic) bond motifs is 3. The molecule has 0 radical (unpaired) electrons. The monoisotopic (exact) mass is 614 g/mol. The van der Waals surface area contributed by atoms with Gasteiger partial charge in [-0.15, -0.1) is 0 Å². The van der Waals surface area contributed by atoms with E-state index in [4.69, 9.17) is 15.0 Å². The minimum absolute atomic E-state index is 0.177. The number of benzene rings is 6. The summed E-state index contributed by atoms with van der Waals surface area (Å²) in [6, 6.07) is 42.3. The summed E-state index contributed by atoms with van der Waals surface area (Å²) in [6.45, 7) is 4.13. The van der Waals surface area contributed by atoms with Crippen LogP contribution in [0.25, 0.3) is 72.8 Å². The summed E-state index contributed by atoms with van der Waals surface area (Å²) in [6.07, 6.45) is 0. The third-order valence-corrected chi connectivity index (χ3v) is 8.52. The maximum atomic E-state index is 15.3. The Bertz CT molecular complexity index is 2330. The molecule has 226 valence electrons. The van der Waals surface area contributed by atoms with Gasteiger partial charge in [0.2, 0.25) is 0 Å². The summed E-state index contributed by atoms with van der Waals surface area (Å²) < 4.78 is 31.9. The molecule has 6 heteroatoms. The van der Waals surface area contributed by atoms with Gasteiger partial charge in [-0.3, -0.25) is 0 Å². The van der Waals surface area contributed by atoms with Crippen molar-refractivity contribution < 1.29 is 8.78 Å². The molecule has 8 aromatic rings. The van der Waals surface area contributed by atoms with Crippen LogP contribution in [0.5, 0.6) is 0 Å². The van der Waals surface area contributed by atoms with Gasteiger partial charge in [0, 0.05) is 33.0 Å². The summed E-state index contributed by atoms with van der Waals surface area (Å²) >= 11 is 0. The minimum atomic E-state index is -0.895. The largest absolute Gasteiger partial charge is 0.308 e. The second-order valence-corrected chi connectivity index (χ2v) is 11.7. The SMILES string of the molecule is Cc1ccc2c3ccc(C)cc3n(-c3cc(-c4cccc(F)c4F)ccc3-c3nc(-c4ccccc4)nc(-c4ccccc4)n3)c2c1. The predicted molar refractivity (Wildman–Crippen MR) is 185 cm³/mol. The van der Waals surface area contributed by atoms with Crippen LogP contribution >= 0.6 is 0 Å².